The highest BCUT2D eigenvalue weighted by Gasteiger charge is 2.21. The predicted octanol–water partition coefficient (Wildman–Crippen LogP) is 8.92. The van der Waals surface area contributed by atoms with Crippen LogP contribution in [0.3, 0.4) is 0 Å². The summed E-state index contributed by atoms with van der Waals surface area (Å²) >= 11 is 0. The summed E-state index contributed by atoms with van der Waals surface area (Å²) < 4.78 is 2.40. The average Bonchev–Trinajstić information content (AvgIpc) is 3.16. The maximum Gasteiger partial charge on any atom is 0.0991 e. The van der Waals surface area contributed by atoms with Crippen LogP contribution in [-0.2, 0) is 10.8 Å². The van der Waals surface area contributed by atoms with E-state index in [0.717, 1.165) is 16.8 Å². The van der Waals surface area contributed by atoms with Crippen LogP contribution >= 0.6 is 0 Å². The molecule has 0 unspecified atom stereocenters. The summed E-state index contributed by atoms with van der Waals surface area (Å²) in [6.45, 7) is 13.6. The second-order valence-corrected chi connectivity index (χ2v) is 11.5. The highest BCUT2D eigenvalue weighted by atomic mass is 15.0. The van der Waals surface area contributed by atoms with E-state index in [1.807, 2.05) is 24.3 Å². The lowest BCUT2D eigenvalue weighted by atomic mass is 9.85. The number of benzene rings is 4. The van der Waals surface area contributed by atoms with E-state index in [4.69, 9.17) is 0 Å². The van der Waals surface area contributed by atoms with E-state index in [1.165, 1.54) is 32.9 Å². The van der Waals surface area contributed by atoms with Crippen molar-refractivity contribution < 1.29 is 0 Å². The number of hydrogen-bond acceptors (Lipinski definition) is 1. The van der Waals surface area contributed by atoms with Gasteiger partial charge in [0.1, 0.15) is 0 Å². The number of rotatable bonds is 2. The molecule has 5 aromatic rings. The van der Waals surface area contributed by atoms with Crippen molar-refractivity contribution in [2.45, 2.75) is 52.4 Å². The van der Waals surface area contributed by atoms with E-state index in [-0.39, 0.29) is 10.8 Å². The normalized spacial score (nSPS) is 12.3. The van der Waals surface area contributed by atoms with Gasteiger partial charge in [-0.15, -0.1) is 0 Å². The molecular weight excluding hydrogens is 424 g/mol. The Kier molecular flexibility index (Phi) is 5.33. The van der Waals surface area contributed by atoms with Gasteiger partial charge in [0.25, 0.3) is 0 Å². The van der Waals surface area contributed by atoms with E-state index < -0.39 is 0 Å². The first-order valence-corrected chi connectivity index (χ1v) is 12.3. The third kappa shape index (κ3) is 4.02. The van der Waals surface area contributed by atoms with Crippen LogP contribution in [0.5, 0.6) is 0 Å². The van der Waals surface area contributed by atoms with Gasteiger partial charge in [0.15, 0.2) is 0 Å². The van der Waals surface area contributed by atoms with Gasteiger partial charge in [0.2, 0.25) is 0 Å². The van der Waals surface area contributed by atoms with E-state index in [9.17, 15) is 5.26 Å². The van der Waals surface area contributed by atoms with Crippen LogP contribution in [0.1, 0.15) is 58.2 Å². The molecule has 0 aliphatic rings. The number of nitriles is 1. The Balaban J connectivity index is 1.86. The molecule has 0 spiro atoms. The van der Waals surface area contributed by atoms with Crippen LogP contribution in [0.2, 0.25) is 0 Å². The maximum atomic E-state index is 9.25. The largest absolute Gasteiger partial charge is 0.309 e. The van der Waals surface area contributed by atoms with Gasteiger partial charge in [-0.1, -0.05) is 84.0 Å². The van der Waals surface area contributed by atoms with Gasteiger partial charge in [-0.2, -0.15) is 5.26 Å². The van der Waals surface area contributed by atoms with Crippen molar-refractivity contribution in [3.63, 3.8) is 0 Å². The van der Waals surface area contributed by atoms with Crippen LogP contribution < -0.4 is 0 Å². The number of hydrogen-bond donors (Lipinski definition) is 0. The molecule has 0 fully saturated rings. The molecule has 5 rings (SSSR count). The monoisotopic (exact) mass is 456 g/mol. The minimum Gasteiger partial charge on any atom is -0.309 e. The fourth-order valence-electron chi connectivity index (χ4n) is 4.85. The standard InChI is InChI=1S/C33H32N2/c1-32(2,3)24-15-17-30-27(19-24)28-20-25(33(4,5)6)16-18-31(28)35(30)29-10-8-7-9-26(29)23-13-11-22(21-34)12-14-23/h7-20H,1-6H3. The summed E-state index contributed by atoms with van der Waals surface area (Å²) in [4.78, 5) is 0. The SMILES string of the molecule is CC(C)(C)c1ccc2c(c1)c1cc(C(C)(C)C)ccc1n2-c1ccccc1-c1ccc(C#N)cc1. The van der Waals surface area contributed by atoms with Gasteiger partial charge < -0.3 is 4.57 Å². The zero-order valence-corrected chi connectivity index (χ0v) is 21.5. The number of aromatic nitrogens is 1. The fraction of sp³-hybridized carbons (Fsp3) is 0.242. The topological polar surface area (TPSA) is 28.7 Å². The van der Waals surface area contributed by atoms with Gasteiger partial charge in [-0.05, 0) is 70.0 Å². The Hall–Kier alpha value is -3.83. The zero-order chi connectivity index (χ0) is 25.0. The molecule has 4 aromatic carbocycles. The lowest BCUT2D eigenvalue weighted by molar-refractivity contribution is 0.590. The smallest absolute Gasteiger partial charge is 0.0991 e. The second kappa shape index (κ2) is 8.14. The van der Waals surface area contributed by atoms with Crippen molar-refractivity contribution >= 4 is 21.8 Å². The van der Waals surface area contributed by atoms with Crippen molar-refractivity contribution in [1.29, 1.82) is 5.26 Å². The molecular formula is C33H32N2. The molecule has 0 bridgehead atoms. The predicted molar refractivity (Wildman–Crippen MR) is 148 cm³/mol. The summed E-state index contributed by atoms with van der Waals surface area (Å²) in [6, 6.07) is 32.5. The molecule has 2 heteroatoms. The minimum atomic E-state index is 0.0741. The van der Waals surface area contributed by atoms with Crippen LogP contribution in [-0.4, -0.2) is 4.57 Å². The van der Waals surface area contributed by atoms with Crippen molar-refractivity contribution in [2.24, 2.45) is 0 Å². The van der Waals surface area contributed by atoms with Gasteiger partial charge >= 0.3 is 0 Å². The first-order chi connectivity index (χ1) is 16.6. The molecule has 0 aliphatic carbocycles. The molecule has 0 saturated carbocycles. The van der Waals surface area contributed by atoms with Crippen LogP contribution in [0.4, 0.5) is 0 Å². The Labute approximate surface area is 208 Å². The Morgan fingerprint density at radius 1 is 0.629 bits per heavy atom. The fourth-order valence-corrected chi connectivity index (χ4v) is 4.85. The molecule has 2 nitrogen and oxygen atoms in total. The lowest BCUT2D eigenvalue weighted by Crippen LogP contribution is -2.10. The zero-order valence-electron chi connectivity index (χ0n) is 21.5. The first kappa shape index (κ1) is 22.9. The molecule has 0 N–H and O–H groups in total. The summed E-state index contributed by atoms with van der Waals surface area (Å²) in [5.41, 5.74) is 9.31. The van der Waals surface area contributed by atoms with E-state index >= 15 is 0 Å². The quantitative estimate of drug-likeness (QED) is 0.261. The lowest BCUT2D eigenvalue weighted by Gasteiger charge is -2.19. The van der Waals surface area contributed by atoms with Gasteiger partial charge in [0, 0.05) is 16.3 Å². The molecule has 0 radical (unpaired) electrons. The molecule has 1 aromatic heterocycles. The summed E-state index contributed by atoms with van der Waals surface area (Å²) in [5.74, 6) is 0. The Bertz CT molecular complexity index is 1520. The summed E-state index contributed by atoms with van der Waals surface area (Å²) in [5, 5.41) is 11.8. The first-order valence-electron chi connectivity index (χ1n) is 12.3. The highest BCUT2D eigenvalue weighted by Crippen LogP contribution is 2.39. The van der Waals surface area contributed by atoms with Crippen molar-refractivity contribution in [1.82, 2.24) is 4.57 Å². The molecule has 1 heterocycles. The minimum absolute atomic E-state index is 0.0741. The third-order valence-electron chi connectivity index (χ3n) is 6.97. The van der Waals surface area contributed by atoms with E-state index in [0.29, 0.717) is 5.56 Å². The van der Waals surface area contributed by atoms with Crippen molar-refractivity contribution in [3.8, 4) is 22.9 Å². The third-order valence-corrected chi connectivity index (χ3v) is 6.97. The second-order valence-electron chi connectivity index (χ2n) is 11.5. The van der Waals surface area contributed by atoms with E-state index in [2.05, 4.69) is 113 Å². The van der Waals surface area contributed by atoms with Gasteiger partial charge in [0.05, 0.1) is 28.4 Å². The van der Waals surface area contributed by atoms with Crippen LogP contribution in [0.15, 0.2) is 84.9 Å². The highest BCUT2D eigenvalue weighted by molar-refractivity contribution is 6.10. The van der Waals surface area contributed by atoms with Gasteiger partial charge in [-0.3, -0.25) is 0 Å². The average molecular weight is 457 g/mol. The molecule has 0 saturated heterocycles. The molecule has 0 aliphatic heterocycles. The van der Waals surface area contributed by atoms with Crippen molar-refractivity contribution in [2.75, 3.05) is 0 Å². The van der Waals surface area contributed by atoms with E-state index in [1.54, 1.807) is 0 Å². The van der Waals surface area contributed by atoms with Crippen molar-refractivity contribution in [3.05, 3.63) is 102 Å². The number of fused-ring (bicyclic) bond motifs is 3. The maximum absolute atomic E-state index is 9.25. The summed E-state index contributed by atoms with van der Waals surface area (Å²) in [7, 11) is 0. The molecule has 35 heavy (non-hydrogen) atoms. The summed E-state index contributed by atoms with van der Waals surface area (Å²) in [6.07, 6.45) is 0. The number of para-hydroxylation sites is 1. The van der Waals surface area contributed by atoms with Crippen LogP contribution in [0.25, 0.3) is 38.6 Å². The Morgan fingerprint density at radius 3 is 1.63 bits per heavy atom. The molecule has 0 atom stereocenters. The Morgan fingerprint density at radius 2 is 1.14 bits per heavy atom. The molecule has 174 valence electrons. The number of nitrogens with zero attached hydrogens (tertiary/aromatic N) is 2. The van der Waals surface area contributed by atoms with Gasteiger partial charge in [-0.25, -0.2) is 0 Å². The van der Waals surface area contributed by atoms with Crippen LogP contribution in [0, 0.1) is 11.3 Å². The molecule has 0 amide bonds.